The van der Waals surface area contributed by atoms with E-state index in [1.807, 2.05) is 12.1 Å². The van der Waals surface area contributed by atoms with E-state index in [-0.39, 0.29) is 29.9 Å². The number of carbonyl (C=O) groups excluding carboxylic acids is 1. The van der Waals surface area contributed by atoms with Crippen LogP contribution in [0.4, 0.5) is 0 Å². The average Bonchev–Trinajstić information content (AvgIpc) is 3.22. The molecule has 1 amide bonds. The molecule has 1 aromatic carbocycles. The summed E-state index contributed by atoms with van der Waals surface area (Å²) in [5, 5.41) is 3.48. The molecule has 2 fully saturated rings. The molecule has 6 heteroatoms. The molecule has 0 radical (unpaired) electrons. The Kier molecular flexibility index (Phi) is 6.02. The zero-order valence-corrected chi connectivity index (χ0v) is 16.3. The van der Waals surface area contributed by atoms with Crippen LogP contribution in [0.2, 0.25) is 0 Å². The lowest BCUT2D eigenvalue weighted by molar-refractivity contribution is -0.132. The molecule has 1 N–H and O–H groups in total. The molecule has 1 aromatic heterocycles. The molecule has 0 unspecified atom stereocenters. The second-order valence-corrected chi connectivity index (χ2v) is 7.41. The molecule has 5 nitrogen and oxygen atoms in total. The lowest BCUT2D eigenvalue weighted by Crippen LogP contribution is -2.36. The first-order valence-electron chi connectivity index (χ1n) is 9.36. The average molecular weight is 388 g/mol. The zero-order chi connectivity index (χ0) is 18.1. The minimum atomic E-state index is -0.0572. The van der Waals surface area contributed by atoms with Gasteiger partial charge in [-0.1, -0.05) is 30.3 Å². The number of aromatic nitrogens is 1. The van der Waals surface area contributed by atoms with Crippen LogP contribution in [-0.4, -0.2) is 35.0 Å². The highest BCUT2D eigenvalue weighted by Crippen LogP contribution is 2.43. The molecule has 0 saturated carbocycles. The van der Waals surface area contributed by atoms with Gasteiger partial charge in [-0.2, -0.15) is 0 Å². The van der Waals surface area contributed by atoms with Gasteiger partial charge in [0, 0.05) is 50.8 Å². The quantitative estimate of drug-likeness (QED) is 0.876. The maximum atomic E-state index is 13.0. The molecule has 4 rings (SSSR count). The number of aryl methyl sites for hydroxylation is 2. The summed E-state index contributed by atoms with van der Waals surface area (Å²) in [5.41, 5.74) is 2.44. The molecule has 144 valence electrons. The SMILES string of the molecule is Cc1ccccc1[C@H]1[C@H]2CNC[C@H]2CN1C(=O)CCn1ccccc1=O.Cl. The van der Waals surface area contributed by atoms with Gasteiger partial charge >= 0.3 is 0 Å². The zero-order valence-electron chi connectivity index (χ0n) is 15.5. The van der Waals surface area contributed by atoms with Gasteiger partial charge in [-0.15, -0.1) is 12.4 Å². The highest BCUT2D eigenvalue weighted by molar-refractivity contribution is 5.85. The Balaban J connectivity index is 0.00000210. The summed E-state index contributed by atoms with van der Waals surface area (Å²) in [5.74, 6) is 1.13. The van der Waals surface area contributed by atoms with Gasteiger partial charge in [0.1, 0.15) is 0 Å². The summed E-state index contributed by atoms with van der Waals surface area (Å²) in [6.45, 7) is 5.31. The number of rotatable bonds is 4. The highest BCUT2D eigenvalue weighted by atomic mass is 35.5. The number of hydrogen-bond acceptors (Lipinski definition) is 3. The summed E-state index contributed by atoms with van der Waals surface area (Å²) >= 11 is 0. The van der Waals surface area contributed by atoms with Crippen molar-refractivity contribution in [2.75, 3.05) is 19.6 Å². The Morgan fingerprint density at radius 3 is 2.70 bits per heavy atom. The fraction of sp³-hybridized carbons (Fsp3) is 0.429. The third kappa shape index (κ3) is 3.80. The van der Waals surface area contributed by atoms with Crippen LogP contribution in [0.25, 0.3) is 0 Å². The number of nitrogens with one attached hydrogen (secondary N) is 1. The van der Waals surface area contributed by atoms with E-state index in [1.165, 1.54) is 17.2 Å². The van der Waals surface area contributed by atoms with E-state index in [0.717, 1.165) is 19.6 Å². The van der Waals surface area contributed by atoms with Crippen molar-refractivity contribution >= 4 is 18.3 Å². The van der Waals surface area contributed by atoms with Crippen LogP contribution in [0.15, 0.2) is 53.5 Å². The van der Waals surface area contributed by atoms with E-state index in [2.05, 4.69) is 35.3 Å². The standard InChI is InChI=1S/C21H25N3O2.ClH/c1-15-6-2-3-7-17(15)21-18-13-22-12-16(18)14-24(21)20(26)9-11-23-10-5-4-8-19(23)25;/h2-8,10,16,18,21-22H,9,11-14H2,1H3;1H/t16-,18-,21-;/m0./s1. The van der Waals surface area contributed by atoms with E-state index >= 15 is 0 Å². The minimum Gasteiger partial charge on any atom is -0.335 e. The second-order valence-electron chi connectivity index (χ2n) is 7.41. The Bertz CT molecular complexity index is 866. The molecule has 0 spiro atoms. The van der Waals surface area contributed by atoms with Crippen LogP contribution in [0.1, 0.15) is 23.6 Å². The van der Waals surface area contributed by atoms with Gasteiger partial charge < -0.3 is 14.8 Å². The van der Waals surface area contributed by atoms with Gasteiger partial charge in [0.05, 0.1) is 6.04 Å². The van der Waals surface area contributed by atoms with Crippen molar-refractivity contribution < 1.29 is 4.79 Å². The first kappa shape index (κ1) is 19.6. The first-order chi connectivity index (χ1) is 12.6. The van der Waals surface area contributed by atoms with Gasteiger partial charge in [-0.3, -0.25) is 9.59 Å². The van der Waals surface area contributed by atoms with Gasteiger partial charge in [0.25, 0.3) is 5.56 Å². The highest BCUT2D eigenvalue weighted by Gasteiger charge is 2.46. The monoisotopic (exact) mass is 387 g/mol. The van der Waals surface area contributed by atoms with Crippen LogP contribution < -0.4 is 10.9 Å². The molecular formula is C21H26ClN3O2. The van der Waals surface area contributed by atoms with Crippen LogP contribution >= 0.6 is 12.4 Å². The predicted octanol–water partition coefficient (Wildman–Crippen LogP) is 2.39. The maximum absolute atomic E-state index is 13.0. The first-order valence-corrected chi connectivity index (χ1v) is 9.36. The number of pyridine rings is 1. The van der Waals surface area contributed by atoms with Crippen molar-refractivity contribution in [3.63, 3.8) is 0 Å². The fourth-order valence-corrected chi connectivity index (χ4v) is 4.50. The van der Waals surface area contributed by atoms with E-state index < -0.39 is 0 Å². The van der Waals surface area contributed by atoms with Crippen molar-refractivity contribution in [2.24, 2.45) is 11.8 Å². The number of halogens is 1. The van der Waals surface area contributed by atoms with Crippen LogP contribution in [0.5, 0.6) is 0 Å². The summed E-state index contributed by atoms with van der Waals surface area (Å²) in [4.78, 5) is 27.0. The maximum Gasteiger partial charge on any atom is 0.250 e. The molecule has 2 saturated heterocycles. The number of carbonyl (C=O) groups is 1. The van der Waals surface area contributed by atoms with Crippen LogP contribution in [0, 0.1) is 18.8 Å². The molecule has 3 heterocycles. The van der Waals surface area contributed by atoms with E-state index in [1.54, 1.807) is 16.8 Å². The Morgan fingerprint density at radius 1 is 1.15 bits per heavy atom. The number of nitrogens with zero attached hydrogens (tertiary/aromatic N) is 2. The Morgan fingerprint density at radius 2 is 1.93 bits per heavy atom. The lowest BCUT2D eigenvalue weighted by Gasteiger charge is -2.29. The molecule has 27 heavy (non-hydrogen) atoms. The minimum absolute atomic E-state index is 0. The van der Waals surface area contributed by atoms with Crippen LogP contribution in [-0.2, 0) is 11.3 Å². The van der Waals surface area contributed by atoms with Gasteiger partial charge in [0.15, 0.2) is 0 Å². The van der Waals surface area contributed by atoms with Gasteiger partial charge in [-0.25, -0.2) is 0 Å². The largest absolute Gasteiger partial charge is 0.335 e. The summed E-state index contributed by atoms with van der Waals surface area (Å²) < 4.78 is 1.61. The van der Waals surface area contributed by atoms with Crippen molar-refractivity contribution in [3.8, 4) is 0 Å². The van der Waals surface area contributed by atoms with E-state index in [9.17, 15) is 9.59 Å². The Hall–Kier alpha value is -2.11. The van der Waals surface area contributed by atoms with Crippen molar-refractivity contribution in [1.82, 2.24) is 14.8 Å². The van der Waals surface area contributed by atoms with E-state index in [4.69, 9.17) is 0 Å². The topological polar surface area (TPSA) is 54.3 Å². The summed E-state index contributed by atoms with van der Waals surface area (Å²) in [7, 11) is 0. The molecule has 2 aliphatic heterocycles. The smallest absolute Gasteiger partial charge is 0.250 e. The number of likely N-dealkylation sites (tertiary alicyclic amines) is 1. The lowest BCUT2D eigenvalue weighted by atomic mass is 9.87. The molecule has 2 aliphatic rings. The van der Waals surface area contributed by atoms with Crippen molar-refractivity contribution in [1.29, 1.82) is 0 Å². The fourth-order valence-electron chi connectivity index (χ4n) is 4.50. The Labute approximate surface area is 165 Å². The van der Waals surface area contributed by atoms with E-state index in [0.29, 0.717) is 24.8 Å². The third-order valence-corrected chi connectivity index (χ3v) is 5.86. The molecule has 3 atom stereocenters. The second kappa shape index (κ2) is 8.28. The number of amides is 1. The molecule has 0 aliphatic carbocycles. The molecular weight excluding hydrogens is 362 g/mol. The third-order valence-electron chi connectivity index (χ3n) is 5.86. The number of benzene rings is 1. The molecule has 2 aromatic rings. The van der Waals surface area contributed by atoms with Gasteiger partial charge in [-0.05, 0) is 30.0 Å². The van der Waals surface area contributed by atoms with Crippen LogP contribution in [0.3, 0.4) is 0 Å². The molecule has 0 bridgehead atoms. The number of fused-ring (bicyclic) bond motifs is 1. The van der Waals surface area contributed by atoms with Crippen molar-refractivity contribution in [2.45, 2.75) is 25.9 Å². The summed E-state index contributed by atoms with van der Waals surface area (Å²) in [6.07, 6.45) is 2.11. The number of hydrogen-bond donors (Lipinski definition) is 1. The van der Waals surface area contributed by atoms with Gasteiger partial charge in [0.2, 0.25) is 5.91 Å². The predicted molar refractivity (Wildman–Crippen MR) is 108 cm³/mol. The van der Waals surface area contributed by atoms with Crippen molar-refractivity contribution in [3.05, 3.63) is 70.1 Å². The summed E-state index contributed by atoms with van der Waals surface area (Å²) in [6, 6.07) is 13.6. The normalized spacial score (nSPS) is 23.7.